The number of methoxy groups -OCH3 is 1. The number of thioether (sulfide) groups is 1. The summed E-state index contributed by atoms with van der Waals surface area (Å²) in [6.07, 6.45) is 1.22. The lowest BCUT2D eigenvalue weighted by atomic mass is 9.88. The van der Waals surface area contributed by atoms with E-state index < -0.39 is 0 Å². The Morgan fingerprint density at radius 1 is 1.35 bits per heavy atom. The van der Waals surface area contributed by atoms with Gasteiger partial charge in [-0.3, -0.25) is 0 Å². The minimum atomic E-state index is 0.433. The van der Waals surface area contributed by atoms with Gasteiger partial charge in [-0.2, -0.15) is 11.8 Å². The quantitative estimate of drug-likeness (QED) is 0.886. The Kier molecular flexibility index (Phi) is 3.87. The summed E-state index contributed by atoms with van der Waals surface area (Å²) in [6, 6.07) is 8.68. The Bertz CT molecular complexity index is 378. The molecule has 2 nitrogen and oxygen atoms in total. The Hall–Kier alpha value is -0.830. The monoisotopic (exact) mass is 251 g/mol. The van der Waals surface area contributed by atoms with Crippen LogP contribution in [0.1, 0.15) is 20.3 Å². The Balaban J connectivity index is 2.05. The number of rotatable bonds is 3. The maximum absolute atomic E-state index is 5.37. The van der Waals surface area contributed by atoms with Crippen LogP contribution in [0.15, 0.2) is 24.3 Å². The van der Waals surface area contributed by atoms with Crippen LogP contribution in [0, 0.1) is 5.41 Å². The van der Waals surface area contributed by atoms with Crippen LogP contribution in [-0.2, 0) is 0 Å². The number of hydrogen-bond acceptors (Lipinski definition) is 3. The third-order valence-electron chi connectivity index (χ3n) is 3.08. The molecule has 1 unspecified atom stereocenters. The second-order valence-electron chi connectivity index (χ2n) is 5.43. The molecule has 1 saturated heterocycles. The topological polar surface area (TPSA) is 21.3 Å². The van der Waals surface area contributed by atoms with Gasteiger partial charge < -0.3 is 10.1 Å². The van der Waals surface area contributed by atoms with E-state index in [9.17, 15) is 0 Å². The third kappa shape index (κ3) is 3.32. The largest absolute Gasteiger partial charge is 0.495 e. The Labute approximate surface area is 108 Å². The number of nitrogens with one attached hydrogen (secondary N) is 1. The maximum Gasteiger partial charge on any atom is 0.141 e. The molecular weight excluding hydrogens is 230 g/mol. The zero-order valence-corrected chi connectivity index (χ0v) is 11.6. The van der Waals surface area contributed by atoms with Gasteiger partial charge in [0.25, 0.3) is 0 Å². The highest BCUT2D eigenvalue weighted by atomic mass is 32.2. The van der Waals surface area contributed by atoms with E-state index in [1.54, 1.807) is 7.11 Å². The average Bonchev–Trinajstić information content (AvgIpc) is 2.28. The summed E-state index contributed by atoms with van der Waals surface area (Å²) >= 11 is 2.04. The molecule has 1 atom stereocenters. The molecule has 1 aromatic carbocycles. The maximum atomic E-state index is 5.37. The predicted molar refractivity (Wildman–Crippen MR) is 76.1 cm³/mol. The summed E-state index contributed by atoms with van der Waals surface area (Å²) < 4.78 is 5.37. The van der Waals surface area contributed by atoms with E-state index in [0.717, 1.165) is 11.4 Å². The first kappa shape index (κ1) is 12.6. The van der Waals surface area contributed by atoms with E-state index in [1.165, 1.54) is 17.9 Å². The molecule has 0 radical (unpaired) electrons. The molecule has 1 aliphatic heterocycles. The van der Waals surface area contributed by atoms with Crippen LogP contribution in [0.5, 0.6) is 5.75 Å². The van der Waals surface area contributed by atoms with Gasteiger partial charge in [-0.15, -0.1) is 0 Å². The van der Waals surface area contributed by atoms with E-state index in [2.05, 4.69) is 25.2 Å². The SMILES string of the molecule is COc1ccccc1NC1CSCC(C)(C)C1. The summed E-state index contributed by atoms with van der Waals surface area (Å²) in [7, 11) is 1.72. The molecule has 0 amide bonds. The van der Waals surface area contributed by atoms with Gasteiger partial charge >= 0.3 is 0 Å². The summed E-state index contributed by atoms with van der Waals surface area (Å²) in [5, 5.41) is 3.61. The second kappa shape index (κ2) is 5.21. The highest BCUT2D eigenvalue weighted by molar-refractivity contribution is 7.99. The van der Waals surface area contributed by atoms with Crippen molar-refractivity contribution in [2.24, 2.45) is 5.41 Å². The van der Waals surface area contributed by atoms with Gasteiger partial charge in [-0.25, -0.2) is 0 Å². The molecule has 0 aliphatic carbocycles. The van der Waals surface area contributed by atoms with Gasteiger partial charge in [0.1, 0.15) is 5.75 Å². The van der Waals surface area contributed by atoms with Gasteiger partial charge in [0.05, 0.1) is 12.8 Å². The summed E-state index contributed by atoms with van der Waals surface area (Å²) in [6.45, 7) is 4.69. The van der Waals surface area contributed by atoms with E-state index in [1.807, 2.05) is 30.0 Å². The molecule has 0 bridgehead atoms. The lowest BCUT2D eigenvalue weighted by Crippen LogP contribution is -2.35. The molecule has 1 N–H and O–H groups in total. The number of anilines is 1. The fraction of sp³-hybridized carbons (Fsp3) is 0.571. The van der Waals surface area contributed by atoms with Crippen LogP contribution >= 0.6 is 11.8 Å². The number of hydrogen-bond donors (Lipinski definition) is 1. The van der Waals surface area contributed by atoms with Crippen LogP contribution in [-0.4, -0.2) is 24.7 Å². The zero-order valence-electron chi connectivity index (χ0n) is 10.8. The first-order chi connectivity index (χ1) is 8.11. The first-order valence-corrected chi connectivity index (χ1v) is 7.23. The van der Waals surface area contributed by atoms with Crippen molar-refractivity contribution in [3.8, 4) is 5.75 Å². The van der Waals surface area contributed by atoms with E-state index in [0.29, 0.717) is 11.5 Å². The van der Waals surface area contributed by atoms with E-state index in [4.69, 9.17) is 4.74 Å². The molecule has 3 heteroatoms. The Morgan fingerprint density at radius 2 is 2.12 bits per heavy atom. The second-order valence-corrected chi connectivity index (χ2v) is 6.46. The lowest BCUT2D eigenvalue weighted by Gasteiger charge is -2.35. The molecule has 17 heavy (non-hydrogen) atoms. The molecule has 94 valence electrons. The van der Waals surface area contributed by atoms with Crippen molar-refractivity contribution in [1.29, 1.82) is 0 Å². The van der Waals surface area contributed by atoms with E-state index >= 15 is 0 Å². The van der Waals surface area contributed by atoms with Crippen molar-refractivity contribution in [1.82, 2.24) is 0 Å². The van der Waals surface area contributed by atoms with Crippen LogP contribution < -0.4 is 10.1 Å². The lowest BCUT2D eigenvalue weighted by molar-refractivity contribution is 0.357. The normalized spacial score (nSPS) is 23.1. The summed E-state index contributed by atoms with van der Waals surface area (Å²) in [5.74, 6) is 3.37. The molecular formula is C14H21NOS. The predicted octanol–water partition coefficient (Wildman–Crippen LogP) is 3.64. The summed E-state index contributed by atoms with van der Waals surface area (Å²) in [4.78, 5) is 0. The number of benzene rings is 1. The minimum absolute atomic E-state index is 0.433. The zero-order chi connectivity index (χ0) is 12.3. The summed E-state index contributed by atoms with van der Waals surface area (Å²) in [5.41, 5.74) is 1.54. The van der Waals surface area contributed by atoms with Crippen LogP contribution in [0.25, 0.3) is 0 Å². The minimum Gasteiger partial charge on any atom is -0.495 e. The van der Waals surface area contributed by atoms with Gasteiger partial charge in [-0.05, 0) is 29.7 Å². The Morgan fingerprint density at radius 3 is 2.82 bits per heavy atom. The average molecular weight is 251 g/mol. The van der Waals surface area contributed by atoms with Crippen molar-refractivity contribution < 1.29 is 4.74 Å². The third-order valence-corrected chi connectivity index (χ3v) is 4.70. The van der Waals surface area contributed by atoms with Gasteiger partial charge in [0.15, 0.2) is 0 Å². The van der Waals surface area contributed by atoms with Gasteiger partial charge in [0.2, 0.25) is 0 Å². The van der Waals surface area contributed by atoms with Crippen LogP contribution in [0.2, 0.25) is 0 Å². The fourth-order valence-corrected chi connectivity index (χ4v) is 3.61. The van der Waals surface area contributed by atoms with Crippen LogP contribution in [0.3, 0.4) is 0 Å². The molecule has 0 aromatic heterocycles. The fourth-order valence-electron chi connectivity index (χ4n) is 2.34. The highest BCUT2D eigenvalue weighted by Crippen LogP contribution is 2.35. The van der Waals surface area contributed by atoms with Gasteiger partial charge in [0, 0.05) is 11.8 Å². The molecule has 1 aromatic rings. The van der Waals surface area contributed by atoms with E-state index in [-0.39, 0.29) is 0 Å². The molecule has 1 aliphatic rings. The van der Waals surface area contributed by atoms with Crippen molar-refractivity contribution in [2.75, 3.05) is 23.9 Å². The van der Waals surface area contributed by atoms with Gasteiger partial charge in [-0.1, -0.05) is 26.0 Å². The van der Waals surface area contributed by atoms with Crippen molar-refractivity contribution >= 4 is 17.4 Å². The molecule has 0 spiro atoms. The number of para-hydroxylation sites is 2. The van der Waals surface area contributed by atoms with Crippen LogP contribution in [0.4, 0.5) is 5.69 Å². The number of ether oxygens (including phenoxy) is 1. The highest BCUT2D eigenvalue weighted by Gasteiger charge is 2.28. The molecule has 1 heterocycles. The first-order valence-electron chi connectivity index (χ1n) is 6.08. The molecule has 1 fully saturated rings. The standard InChI is InChI=1S/C14H21NOS/c1-14(2)8-11(9-17-10-14)15-12-6-4-5-7-13(12)16-3/h4-7,11,15H,8-10H2,1-3H3. The molecule has 2 rings (SSSR count). The van der Waals surface area contributed by atoms with Crippen molar-refractivity contribution in [2.45, 2.75) is 26.3 Å². The van der Waals surface area contributed by atoms with Crippen molar-refractivity contribution in [3.05, 3.63) is 24.3 Å². The van der Waals surface area contributed by atoms with Crippen molar-refractivity contribution in [3.63, 3.8) is 0 Å². The molecule has 0 saturated carbocycles. The smallest absolute Gasteiger partial charge is 0.141 e.